The van der Waals surface area contributed by atoms with Gasteiger partial charge in [-0.1, -0.05) is 18.2 Å². The number of fused-ring (bicyclic) bond motifs is 1. The van der Waals surface area contributed by atoms with Crippen LogP contribution < -0.4 is 16.1 Å². The number of nitrogens with two attached hydrogens (primary N) is 1. The zero-order chi connectivity index (χ0) is 20.5. The van der Waals surface area contributed by atoms with Crippen molar-refractivity contribution in [1.29, 1.82) is 0 Å². The van der Waals surface area contributed by atoms with Crippen LogP contribution in [-0.4, -0.2) is 51.5 Å². The number of carbonyl (C=O) groups is 1. The van der Waals surface area contributed by atoms with Gasteiger partial charge in [-0.2, -0.15) is 0 Å². The summed E-state index contributed by atoms with van der Waals surface area (Å²) in [4.78, 5) is 20.8. The van der Waals surface area contributed by atoms with Crippen LogP contribution in [0.2, 0.25) is 0 Å². The number of para-hydroxylation sites is 1. The number of benzene rings is 1. The third-order valence-corrected chi connectivity index (χ3v) is 5.12. The molecule has 1 saturated heterocycles. The molecule has 1 aromatic carbocycles. The van der Waals surface area contributed by atoms with Gasteiger partial charge < -0.3 is 15.5 Å². The van der Waals surface area contributed by atoms with Crippen molar-refractivity contribution in [2.75, 3.05) is 31.2 Å². The number of hydrazine groups is 1. The molecule has 1 fully saturated rings. The quantitative estimate of drug-likeness (QED) is 0.525. The van der Waals surface area contributed by atoms with E-state index >= 15 is 0 Å². The first-order valence-electron chi connectivity index (χ1n) is 9.74. The Morgan fingerprint density at radius 2 is 1.97 bits per heavy atom. The second-order valence-corrected chi connectivity index (χ2v) is 7.00. The molecule has 0 bridgehead atoms. The molecule has 0 atom stereocenters. The van der Waals surface area contributed by atoms with E-state index in [-0.39, 0.29) is 0 Å². The summed E-state index contributed by atoms with van der Waals surface area (Å²) in [6, 6.07) is 11.7. The van der Waals surface area contributed by atoms with Gasteiger partial charge in [0.15, 0.2) is 17.2 Å². The minimum absolute atomic E-state index is 0.314. The van der Waals surface area contributed by atoms with E-state index in [1.54, 1.807) is 18.5 Å². The van der Waals surface area contributed by atoms with Crippen molar-refractivity contribution < 1.29 is 9.21 Å². The van der Waals surface area contributed by atoms with E-state index in [1.165, 1.54) is 6.26 Å². The maximum atomic E-state index is 11.4. The third-order valence-electron chi connectivity index (χ3n) is 5.12. The fourth-order valence-corrected chi connectivity index (χ4v) is 3.68. The van der Waals surface area contributed by atoms with Gasteiger partial charge in [0.2, 0.25) is 0 Å². The van der Waals surface area contributed by atoms with Crippen molar-refractivity contribution in [2.24, 2.45) is 5.73 Å². The van der Waals surface area contributed by atoms with Crippen molar-refractivity contribution in [1.82, 2.24) is 24.7 Å². The van der Waals surface area contributed by atoms with Crippen LogP contribution in [0.4, 0.5) is 11.5 Å². The van der Waals surface area contributed by atoms with Gasteiger partial charge in [0.05, 0.1) is 17.4 Å². The van der Waals surface area contributed by atoms with Crippen molar-refractivity contribution in [3.05, 3.63) is 66.8 Å². The lowest BCUT2D eigenvalue weighted by Crippen LogP contribution is -2.51. The number of hydrogen-bond donors (Lipinski definition) is 2. The minimum atomic E-state index is -0.537. The number of rotatable bonds is 5. The predicted octanol–water partition coefficient (Wildman–Crippen LogP) is 2.05. The van der Waals surface area contributed by atoms with Gasteiger partial charge in [0.1, 0.15) is 12.0 Å². The summed E-state index contributed by atoms with van der Waals surface area (Å²) in [6.45, 7) is 3.50. The van der Waals surface area contributed by atoms with Gasteiger partial charge in [-0.05, 0) is 18.2 Å². The first-order valence-corrected chi connectivity index (χ1v) is 9.74. The van der Waals surface area contributed by atoms with Crippen LogP contribution >= 0.6 is 0 Å². The lowest BCUT2D eigenvalue weighted by Gasteiger charge is -2.38. The molecule has 1 aliphatic heterocycles. The number of aromatic nitrogens is 3. The summed E-state index contributed by atoms with van der Waals surface area (Å²) < 4.78 is 7.48. The second kappa shape index (κ2) is 7.62. The Kier molecular flexibility index (Phi) is 4.66. The van der Waals surface area contributed by atoms with Gasteiger partial charge >= 0.3 is 0 Å². The minimum Gasteiger partial charge on any atom is -0.462 e. The standard InChI is InChI=1S/C21H21N7O2/c22-19(29)15-12-18(30-14-15)17-13-25-21(20-24-8-11-27(17)20)28(16-4-2-1-3-5-16)26-9-6-23-7-10-26/h1-5,8,11-14,23H,6-7,9-10H2,(H2,22,29). The Hall–Kier alpha value is -3.69. The molecule has 9 nitrogen and oxygen atoms in total. The lowest BCUT2D eigenvalue weighted by atomic mass is 10.2. The lowest BCUT2D eigenvalue weighted by molar-refractivity contribution is 0.0999. The molecule has 5 rings (SSSR count). The number of imidazole rings is 1. The first-order chi connectivity index (χ1) is 14.7. The molecule has 0 radical (unpaired) electrons. The summed E-state index contributed by atoms with van der Waals surface area (Å²) >= 11 is 0. The summed E-state index contributed by atoms with van der Waals surface area (Å²) in [6.07, 6.45) is 6.66. The highest BCUT2D eigenvalue weighted by molar-refractivity contribution is 5.93. The Bertz CT molecular complexity index is 1180. The van der Waals surface area contributed by atoms with Crippen LogP contribution in [0.5, 0.6) is 0 Å². The molecule has 1 aliphatic rings. The molecule has 0 aliphatic carbocycles. The van der Waals surface area contributed by atoms with Crippen LogP contribution in [0, 0.1) is 0 Å². The van der Waals surface area contributed by atoms with Crippen LogP contribution in [0.25, 0.3) is 17.1 Å². The highest BCUT2D eigenvalue weighted by Crippen LogP contribution is 2.32. The molecule has 0 spiro atoms. The molecule has 30 heavy (non-hydrogen) atoms. The van der Waals surface area contributed by atoms with E-state index in [2.05, 4.69) is 32.5 Å². The van der Waals surface area contributed by atoms with Gasteiger partial charge in [-0.15, -0.1) is 0 Å². The molecule has 9 heteroatoms. The number of amides is 1. The normalized spacial score (nSPS) is 14.8. The fraction of sp³-hybridized carbons (Fsp3) is 0.190. The Morgan fingerprint density at radius 3 is 2.70 bits per heavy atom. The molecule has 152 valence electrons. The van der Waals surface area contributed by atoms with E-state index in [0.717, 1.165) is 37.7 Å². The first kappa shape index (κ1) is 18.3. The number of nitrogens with zero attached hydrogens (tertiary/aromatic N) is 5. The SMILES string of the molecule is NC(=O)c1coc(-c2cnc(N(c3ccccc3)N3CCNCC3)c3nccn23)c1. The average molecular weight is 403 g/mol. The molecule has 0 unspecified atom stereocenters. The van der Waals surface area contributed by atoms with Gasteiger partial charge in [0, 0.05) is 38.6 Å². The largest absolute Gasteiger partial charge is 0.462 e. The van der Waals surface area contributed by atoms with Crippen molar-refractivity contribution in [2.45, 2.75) is 0 Å². The average Bonchev–Trinajstić information content (AvgIpc) is 3.46. The van der Waals surface area contributed by atoms with Crippen LogP contribution in [0.3, 0.4) is 0 Å². The van der Waals surface area contributed by atoms with Crippen LogP contribution in [0.1, 0.15) is 10.4 Å². The molecule has 0 saturated carbocycles. The molecule has 4 heterocycles. The number of anilines is 2. The van der Waals surface area contributed by atoms with E-state index in [9.17, 15) is 4.79 Å². The summed E-state index contributed by atoms with van der Waals surface area (Å²) in [5.74, 6) is 0.684. The number of primary amides is 1. The van der Waals surface area contributed by atoms with E-state index in [0.29, 0.717) is 22.7 Å². The Balaban J connectivity index is 1.64. The van der Waals surface area contributed by atoms with E-state index in [1.807, 2.05) is 28.8 Å². The number of furan rings is 1. The summed E-state index contributed by atoms with van der Waals surface area (Å²) in [5, 5.41) is 7.77. The number of carbonyl (C=O) groups excluding carboxylic acids is 1. The molecular formula is C21H21N7O2. The zero-order valence-electron chi connectivity index (χ0n) is 16.2. The van der Waals surface area contributed by atoms with Crippen molar-refractivity contribution in [3.63, 3.8) is 0 Å². The summed E-state index contributed by atoms with van der Waals surface area (Å²) in [5.41, 5.74) is 8.06. The van der Waals surface area contributed by atoms with Gasteiger partial charge in [-0.25, -0.2) is 15.0 Å². The monoisotopic (exact) mass is 403 g/mol. The fourth-order valence-electron chi connectivity index (χ4n) is 3.68. The molecule has 4 aromatic rings. The number of hydrogen-bond acceptors (Lipinski definition) is 7. The predicted molar refractivity (Wildman–Crippen MR) is 112 cm³/mol. The molecule has 3 aromatic heterocycles. The van der Waals surface area contributed by atoms with Gasteiger partial charge in [-0.3, -0.25) is 14.2 Å². The number of nitrogens with one attached hydrogen (secondary N) is 1. The summed E-state index contributed by atoms with van der Waals surface area (Å²) in [7, 11) is 0. The molecule has 1 amide bonds. The molecule has 3 N–H and O–H groups in total. The smallest absolute Gasteiger partial charge is 0.251 e. The van der Waals surface area contributed by atoms with Gasteiger partial charge in [0.25, 0.3) is 5.91 Å². The van der Waals surface area contributed by atoms with Crippen LogP contribution in [0.15, 0.2) is 65.7 Å². The topological polar surface area (TPSA) is 105 Å². The highest BCUT2D eigenvalue weighted by atomic mass is 16.3. The third kappa shape index (κ3) is 3.19. The van der Waals surface area contributed by atoms with E-state index in [4.69, 9.17) is 15.1 Å². The maximum absolute atomic E-state index is 11.4. The van der Waals surface area contributed by atoms with Crippen molar-refractivity contribution in [3.8, 4) is 11.5 Å². The maximum Gasteiger partial charge on any atom is 0.251 e. The second-order valence-electron chi connectivity index (χ2n) is 7.00. The van der Waals surface area contributed by atoms with Crippen LogP contribution in [-0.2, 0) is 0 Å². The highest BCUT2D eigenvalue weighted by Gasteiger charge is 2.25. The molecular weight excluding hydrogens is 382 g/mol. The van der Waals surface area contributed by atoms with Crippen molar-refractivity contribution >= 4 is 23.1 Å². The Labute approximate surface area is 172 Å². The number of piperazine rings is 1. The Morgan fingerprint density at radius 1 is 1.17 bits per heavy atom. The zero-order valence-corrected chi connectivity index (χ0v) is 16.2. The van der Waals surface area contributed by atoms with E-state index < -0.39 is 5.91 Å².